The predicted molar refractivity (Wildman–Crippen MR) is 157 cm³/mol. The molecule has 4 nitrogen and oxygen atoms in total. The Morgan fingerprint density at radius 2 is 1.47 bits per heavy atom. The fraction of sp³-hybridized carbons (Fsp3) is 0.412. The topological polar surface area (TPSA) is 59.4 Å². The second kappa shape index (κ2) is 12.5. The van der Waals surface area contributed by atoms with Gasteiger partial charge in [-0.1, -0.05) is 70.2 Å². The molecule has 0 saturated carbocycles. The van der Waals surface area contributed by atoms with Crippen LogP contribution in [0, 0.1) is 20.8 Å². The predicted octanol–water partition coefficient (Wildman–Crippen LogP) is 8.02. The van der Waals surface area contributed by atoms with Crippen molar-refractivity contribution in [1.29, 1.82) is 0 Å². The third kappa shape index (κ3) is 6.07. The van der Waals surface area contributed by atoms with Gasteiger partial charge in [0, 0.05) is 28.9 Å². The number of hydrogen-bond acceptors (Lipinski definition) is 4. The van der Waals surface area contributed by atoms with Gasteiger partial charge in [-0.3, -0.25) is 9.78 Å². The minimum absolute atomic E-state index is 0.105. The zero-order valence-corrected chi connectivity index (χ0v) is 24.1. The normalized spacial score (nSPS) is 12.2. The van der Waals surface area contributed by atoms with Gasteiger partial charge in [-0.25, -0.2) is 0 Å². The number of ether oxygens (including phenoxy) is 1. The van der Waals surface area contributed by atoms with E-state index in [1.165, 1.54) is 33.4 Å². The first-order valence-corrected chi connectivity index (χ1v) is 13.8. The Morgan fingerprint density at radius 1 is 0.842 bits per heavy atom. The van der Waals surface area contributed by atoms with E-state index in [-0.39, 0.29) is 12.0 Å². The fourth-order valence-corrected chi connectivity index (χ4v) is 5.65. The molecule has 0 bridgehead atoms. The summed E-state index contributed by atoms with van der Waals surface area (Å²) in [6.45, 7) is 15.8. The maximum atomic E-state index is 10.7. The lowest BCUT2D eigenvalue weighted by atomic mass is 9.69. The van der Waals surface area contributed by atoms with Crippen molar-refractivity contribution >= 4 is 12.5 Å². The van der Waals surface area contributed by atoms with Crippen LogP contribution >= 0.6 is 0 Å². The van der Waals surface area contributed by atoms with E-state index < -0.39 is 5.60 Å². The van der Waals surface area contributed by atoms with Gasteiger partial charge in [-0.15, -0.1) is 0 Å². The zero-order valence-electron chi connectivity index (χ0n) is 24.1. The molecule has 0 amide bonds. The Morgan fingerprint density at radius 3 is 2.03 bits per heavy atom. The highest BCUT2D eigenvalue weighted by atomic mass is 16.5. The average molecular weight is 514 g/mol. The van der Waals surface area contributed by atoms with Gasteiger partial charge in [-0.2, -0.15) is 0 Å². The Bertz CT molecular complexity index is 1260. The molecule has 0 aliphatic rings. The Labute approximate surface area is 228 Å². The van der Waals surface area contributed by atoms with Crippen LogP contribution in [0.1, 0.15) is 92.3 Å². The van der Waals surface area contributed by atoms with Crippen molar-refractivity contribution in [2.24, 2.45) is 0 Å². The van der Waals surface area contributed by atoms with Gasteiger partial charge >= 0.3 is 0 Å². The highest BCUT2D eigenvalue weighted by Crippen LogP contribution is 2.42. The lowest BCUT2D eigenvalue weighted by Gasteiger charge is -2.35. The van der Waals surface area contributed by atoms with E-state index in [1.54, 1.807) is 6.20 Å². The number of benzene rings is 2. The molecule has 1 aromatic heterocycles. The van der Waals surface area contributed by atoms with Gasteiger partial charge in [0.15, 0.2) is 0 Å². The number of rotatable bonds is 12. The molecule has 4 heteroatoms. The average Bonchev–Trinajstić information content (AvgIpc) is 2.92. The molecular formula is C34H43NO3. The lowest BCUT2D eigenvalue weighted by molar-refractivity contribution is -0.129. The van der Waals surface area contributed by atoms with Crippen molar-refractivity contribution in [3.05, 3.63) is 93.8 Å². The van der Waals surface area contributed by atoms with Crippen molar-refractivity contribution in [2.75, 3.05) is 0 Å². The molecule has 3 rings (SSSR count). The second-order valence-electron chi connectivity index (χ2n) is 10.5. The summed E-state index contributed by atoms with van der Waals surface area (Å²) in [4.78, 5) is 15.0. The van der Waals surface area contributed by atoms with Gasteiger partial charge in [0.1, 0.15) is 6.61 Å². The molecule has 0 atom stereocenters. The monoisotopic (exact) mass is 513 g/mol. The Hall–Kier alpha value is -3.24. The van der Waals surface area contributed by atoms with Crippen LogP contribution in [-0.4, -0.2) is 22.2 Å². The zero-order chi connectivity index (χ0) is 27.9. The maximum absolute atomic E-state index is 10.7. The van der Waals surface area contributed by atoms with Crippen LogP contribution in [0.4, 0.5) is 0 Å². The van der Waals surface area contributed by atoms with Crippen LogP contribution in [0.25, 0.3) is 17.2 Å². The van der Waals surface area contributed by atoms with Gasteiger partial charge in [0.2, 0.25) is 0 Å². The number of pyridine rings is 1. The molecule has 0 aliphatic heterocycles. The Balaban J connectivity index is 2.04. The summed E-state index contributed by atoms with van der Waals surface area (Å²) in [6.07, 6.45) is 11.0. The summed E-state index contributed by atoms with van der Waals surface area (Å²) in [5.41, 5.74) is 9.62. The molecule has 1 heterocycles. The molecule has 38 heavy (non-hydrogen) atoms. The molecule has 3 aromatic rings. The standard InChI is InChI=1S/C34H43NO3/c1-8-33(37,9-2)15-14-28-12-13-30(16-24(28)5)34(10-3,11-4)31-17-25(6)32(26(7)18-31)29-19-27(20-35-21-29)22-38-23-36/h12-21,23,37H,8-11,22H2,1-7H3. The van der Waals surface area contributed by atoms with Gasteiger partial charge in [0.05, 0.1) is 5.60 Å². The third-order valence-corrected chi connectivity index (χ3v) is 8.31. The number of aromatic nitrogens is 1. The number of hydrogen-bond donors (Lipinski definition) is 1. The third-order valence-electron chi connectivity index (χ3n) is 8.31. The summed E-state index contributed by atoms with van der Waals surface area (Å²) in [6, 6.07) is 13.5. The van der Waals surface area contributed by atoms with Crippen molar-refractivity contribution in [3.8, 4) is 11.1 Å². The van der Waals surface area contributed by atoms with E-state index >= 15 is 0 Å². The van der Waals surface area contributed by atoms with Crippen molar-refractivity contribution in [2.45, 2.75) is 91.8 Å². The first-order valence-electron chi connectivity index (χ1n) is 13.8. The van der Waals surface area contributed by atoms with Crippen LogP contribution in [0.2, 0.25) is 0 Å². The van der Waals surface area contributed by atoms with Crippen LogP contribution in [0.3, 0.4) is 0 Å². The van der Waals surface area contributed by atoms with E-state index in [1.807, 2.05) is 32.2 Å². The van der Waals surface area contributed by atoms with Crippen LogP contribution in [0.15, 0.2) is 54.9 Å². The van der Waals surface area contributed by atoms with Crippen LogP contribution in [0.5, 0.6) is 0 Å². The minimum atomic E-state index is -0.755. The molecular weight excluding hydrogens is 470 g/mol. The van der Waals surface area contributed by atoms with E-state index in [2.05, 4.69) is 76.0 Å². The number of carbonyl (C=O) groups excluding carboxylic acids is 1. The lowest BCUT2D eigenvalue weighted by Crippen LogP contribution is -2.26. The Kier molecular flexibility index (Phi) is 9.67. The van der Waals surface area contributed by atoms with Crippen LogP contribution in [-0.2, 0) is 21.6 Å². The molecule has 0 saturated heterocycles. The van der Waals surface area contributed by atoms with Crippen molar-refractivity contribution in [1.82, 2.24) is 4.98 Å². The molecule has 0 aliphatic carbocycles. The summed E-state index contributed by atoms with van der Waals surface area (Å²) in [7, 11) is 0. The summed E-state index contributed by atoms with van der Waals surface area (Å²) >= 11 is 0. The minimum Gasteiger partial charge on any atom is -0.463 e. The first-order chi connectivity index (χ1) is 18.2. The molecule has 1 N–H and O–H groups in total. The van der Waals surface area contributed by atoms with Crippen molar-refractivity contribution < 1.29 is 14.6 Å². The van der Waals surface area contributed by atoms with Gasteiger partial charge in [-0.05, 0) is 91.5 Å². The van der Waals surface area contributed by atoms with Crippen LogP contribution < -0.4 is 0 Å². The molecule has 2 aromatic carbocycles. The van der Waals surface area contributed by atoms with E-state index in [0.29, 0.717) is 19.3 Å². The fourth-order valence-electron chi connectivity index (χ4n) is 5.65. The van der Waals surface area contributed by atoms with E-state index in [9.17, 15) is 9.90 Å². The molecule has 0 radical (unpaired) electrons. The summed E-state index contributed by atoms with van der Waals surface area (Å²) in [5, 5.41) is 10.7. The number of carbonyl (C=O) groups is 1. The SMILES string of the molecule is CCC(O)(C=Cc1ccc(C(CC)(CC)c2cc(C)c(-c3cncc(COC=O)c3)c(C)c2)cc1C)CC. The highest BCUT2D eigenvalue weighted by molar-refractivity contribution is 5.72. The van der Waals surface area contributed by atoms with Crippen molar-refractivity contribution in [3.63, 3.8) is 0 Å². The molecule has 0 spiro atoms. The van der Waals surface area contributed by atoms with E-state index in [4.69, 9.17) is 4.74 Å². The van der Waals surface area contributed by atoms with Gasteiger partial charge in [0.25, 0.3) is 6.47 Å². The summed E-state index contributed by atoms with van der Waals surface area (Å²) < 4.78 is 4.94. The molecule has 202 valence electrons. The number of aryl methyl sites for hydroxylation is 3. The largest absolute Gasteiger partial charge is 0.463 e. The summed E-state index contributed by atoms with van der Waals surface area (Å²) in [5.74, 6) is 0. The molecule has 0 fully saturated rings. The first kappa shape index (κ1) is 29.3. The maximum Gasteiger partial charge on any atom is 0.293 e. The highest BCUT2D eigenvalue weighted by Gasteiger charge is 2.32. The quantitative estimate of drug-likeness (QED) is 0.249. The second-order valence-corrected chi connectivity index (χ2v) is 10.5. The van der Waals surface area contributed by atoms with E-state index in [0.717, 1.165) is 29.5 Å². The number of nitrogens with zero attached hydrogens (tertiary/aromatic N) is 1. The van der Waals surface area contributed by atoms with Gasteiger partial charge < -0.3 is 9.84 Å². The number of aliphatic hydroxyl groups is 1. The molecule has 0 unspecified atom stereocenters. The smallest absolute Gasteiger partial charge is 0.293 e.